The molecule has 1 N–H and O–H groups in total. The molecule has 22 heavy (non-hydrogen) atoms. The molecule has 1 heterocycles. The fraction of sp³-hybridized carbons (Fsp3) is 0.533. The number of ether oxygens (including phenoxy) is 1. The number of rotatable bonds is 3. The molecule has 6 nitrogen and oxygen atoms in total. The number of hydrogen-bond acceptors (Lipinski definition) is 5. The van der Waals surface area contributed by atoms with Gasteiger partial charge in [-0.15, -0.1) is 0 Å². The van der Waals surface area contributed by atoms with Gasteiger partial charge in [-0.2, -0.15) is 4.31 Å². The second-order valence-electron chi connectivity index (χ2n) is 5.57. The number of nitrogens with one attached hydrogen (secondary N) is 1. The van der Waals surface area contributed by atoms with E-state index in [1.165, 1.54) is 23.5 Å². The smallest absolute Gasteiger partial charge is 0.338 e. The molecule has 1 saturated heterocycles. The number of carbonyl (C=O) groups excluding carboxylic acids is 1. The number of esters is 1. The van der Waals surface area contributed by atoms with Gasteiger partial charge in [0, 0.05) is 25.2 Å². The molecule has 1 aromatic rings. The summed E-state index contributed by atoms with van der Waals surface area (Å²) in [7, 11) is -2.36. The topological polar surface area (TPSA) is 75.7 Å². The zero-order chi connectivity index (χ0) is 16.5. The van der Waals surface area contributed by atoms with Gasteiger partial charge in [-0.3, -0.25) is 0 Å². The van der Waals surface area contributed by atoms with E-state index in [2.05, 4.69) is 5.32 Å². The zero-order valence-corrected chi connectivity index (χ0v) is 14.1. The molecule has 1 fully saturated rings. The van der Waals surface area contributed by atoms with Crippen molar-refractivity contribution in [3.05, 3.63) is 29.3 Å². The summed E-state index contributed by atoms with van der Waals surface area (Å²) >= 11 is 0. The van der Waals surface area contributed by atoms with E-state index in [1.807, 2.05) is 13.8 Å². The summed E-state index contributed by atoms with van der Waals surface area (Å²) < 4.78 is 31.9. The minimum Gasteiger partial charge on any atom is -0.465 e. The Balaban J connectivity index is 2.43. The lowest BCUT2D eigenvalue weighted by molar-refractivity contribution is 0.0599. The second kappa shape index (κ2) is 6.36. The maximum atomic E-state index is 12.9. The summed E-state index contributed by atoms with van der Waals surface area (Å²) in [6.45, 7) is 6.61. The minimum absolute atomic E-state index is 0.0778. The van der Waals surface area contributed by atoms with E-state index in [0.29, 0.717) is 18.7 Å². The Morgan fingerprint density at radius 1 is 1.36 bits per heavy atom. The van der Waals surface area contributed by atoms with Gasteiger partial charge in [0.1, 0.15) is 0 Å². The fourth-order valence-electron chi connectivity index (χ4n) is 2.59. The van der Waals surface area contributed by atoms with Crippen LogP contribution in [0.2, 0.25) is 0 Å². The van der Waals surface area contributed by atoms with Gasteiger partial charge in [0.2, 0.25) is 10.0 Å². The Morgan fingerprint density at radius 2 is 2.05 bits per heavy atom. The van der Waals surface area contributed by atoms with Crippen LogP contribution >= 0.6 is 0 Å². The zero-order valence-electron chi connectivity index (χ0n) is 13.3. The third-order valence-corrected chi connectivity index (χ3v) is 6.18. The van der Waals surface area contributed by atoms with Gasteiger partial charge in [-0.25, -0.2) is 13.2 Å². The number of aryl methyl sites for hydroxylation is 1. The Hall–Kier alpha value is -1.44. The van der Waals surface area contributed by atoms with Crippen molar-refractivity contribution in [3.8, 4) is 0 Å². The van der Waals surface area contributed by atoms with E-state index >= 15 is 0 Å². The molecule has 0 saturated carbocycles. The first-order valence-corrected chi connectivity index (χ1v) is 8.67. The molecule has 0 aromatic heterocycles. The molecule has 122 valence electrons. The second-order valence-corrected chi connectivity index (χ2v) is 7.46. The third-order valence-electron chi connectivity index (χ3n) is 4.20. The first-order chi connectivity index (χ1) is 10.3. The summed E-state index contributed by atoms with van der Waals surface area (Å²) in [5.41, 5.74) is 0.965. The van der Waals surface area contributed by atoms with Crippen LogP contribution in [0.25, 0.3) is 0 Å². The van der Waals surface area contributed by atoms with Gasteiger partial charge in [0.15, 0.2) is 0 Å². The molecule has 1 aromatic carbocycles. The SMILES string of the molecule is COC(=O)c1cc(S(=O)(=O)N2CCNC(C)C2C)ccc1C. The Morgan fingerprint density at radius 3 is 2.68 bits per heavy atom. The number of carbonyl (C=O) groups is 1. The van der Waals surface area contributed by atoms with Gasteiger partial charge >= 0.3 is 5.97 Å². The van der Waals surface area contributed by atoms with Crippen molar-refractivity contribution < 1.29 is 17.9 Å². The van der Waals surface area contributed by atoms with Crippen LogP contribution in [0.15, 0.2) is 23.1 Å². The average molecular weight is 326 g/mol. The molecular formula is C15H22N2O4S. The fourth-order valence-corrected chi connectivity index (χ4v) is 4.32. The van der Waals surface area contributed by atoms with Gasteiger partial charge in [0.05, 0.1) is 17.6 Å². The van der Waals surface area contributed by atoms with Gasteiger partial charge in [-0.1, -0.05) is 6.07 Å². The van der Waals surface area contributed by atoms with Crippen LogP contribution in [0.1, 0.15) is 29.8 Å². The number of sulfonamides is 1. The molecule has 2 atom stereocenters. The van der Waals surface area contributed by atoms with Crippen LogP contribution in [0.3, 0.4) is 0 Å². The van der Waals surface area contributed by atoms with Crippen molar-refractivity contribution >= 4 is 16.0 Å². The highest BCUT2D eigenvalue weighted by Crippen LogP contribution is 2.24. The molecule has 0 spiro atoms. The van der Waals surface area contributed by atoms with Crippen molar-refractivity contribution in [3.63, 3.8) is 0 Å². The van der Waals surface area contributed by atoms with E-state index in [9.17, 15) is 13.2 Å². The Kier molecular flexibility index (Phi) is 4.89. The van der Waals surface area contributed by atoms with Crippen LogP contribution < -0.4 is 5.32 Å². The molecule has 0 bridgehead atoms. The molecule has 0 amide bonds. The maximum absolute atomic E-state index is 12.9. The molecule has 2 unspecified atom stereocenters. The third kappa shape index (κ3) is 3.02. The molecule has 1 aliphatic heterocycles. The average Bonchev–Trinajstić information content (AvgIpc) is 2.49. The van der Waals surface area contributed by atoms with E-state index in [1.54, 1.807) is 13.0 Å². The van der Waals surface area contributed by atoms with Crippen molar-refractivity contribution in [1.29, 1.82) is 0 Å². The molecular weight excluding hydrogens is 304 g/mol. The first kappa shape index (κ1) is 16.9. The Labute approximate surface area is 131 Å². The van der Waals surface area contributed by atoms with E-state index in [-0.39, 0.29) is 22.5 Å². The van der Waals surface area contributed by atoms with E-state index in [0.717, 1.165) is 0 Å². The number of piperazine rings is 1. The quantitative estimate of drug-likeness (QED) is 0.844. The normalized spacial score (nSPS) is 23.3. The lowest BCUT2D eigenvalue weighted by Crippen LogP contribution is -2.57. The number of methoxy groups -OCH3 is 1. The van der Waals surface area contributed by atoms with Gasteiger partial charge < -0.3 is 10.1 Å². The van der Waals surface area contributed by atoms with Crippen molar-refractivity contribution in [2.75, 3.05) is 20.2 Å². The van der Waals surface area contributed by atoms with Crippen LogP contribution in [0, 0.1) is 6.92 Å². The van der Waals surface area contributed by atoms with E-state index in [4.69, 9.17) is 4.74 Å². The summed E-state index contributed by atoms with van der Waals surface area (Å²) in [6, 6.07) is 4.50. The summed E-state index contributed by atoms with van der Waals surface area (Å²) in [6.07, 6.45) is 0. The summed E-state index contributed by atoms with van der Waals surface area (Å²) in [5, 5.41) is 3.25. The predicted molar refractivity (Wildman–Crippen MR) is 83.3 cm³/mol. The highest BCUT2D eigenvalue weighted by atomic mass is 32.2. The lowest BCUT2D eigenvalue weighted by atomic mass is 10.1. The molecule has 0 radical (unpaired) electrons. The van der Waals surface area contributed by atoms with Crippen LogP contribution in [-0.2, 0) is 14.8 Å². The number of nitrogens with zero attached hydrogens (tertiary/aromatic N) is 1. The van der Waals surface area contributed by atoms with Gasteiger partial charge in [-0.05, 0) is 38.5 Å². The van der Waals surface area contributed by atoms with E-state index < -0.39 is 16.0 Å². The first-order valence-electron chi connectivity index (χ1n) is 7.23. The largest absolute Gasteiger partial charge is 0.465 e. The maximum Gasteiger partial charge on any atom is 0.338 e. The summed E-state index contributed by atoms with van der Waals surface area (Å²) in [4.78, 5) is 11.9. The van der Waals surface area contributed by atoms with Crippen molar-refractivity contribution in [2.24, 2.45) is 0 Å². The van der Waals surface area contributed by atoms with Crippen LogP contribution in [-0.4, -0.2) is 51.0 Å². The monoisotopic (exact) mass is 326 g/mol. The molecule has 2 rings (SSSR count). The van der Waals surface area contributed by atoms with Crippen molar-refractivity contribution in [1.82, 2.24) is 9.62 Å². The molecule has 0 aliphatic carbocycles. The summed E-state index contributed by atoms with van der Waals surface area (Å²) in [5.74, 6) is -0.531. The highest BCUT2D eigenvalue weighted by Gasteiger charge is 2.34. The standard InChI is InChI=1S/C15H22N2O4S/c1-10-5-6-13(9-14(10)15(18)21-4)22(19,20)17-8-7-16-11(2)12(17)3/h5-6,9,11-12,16H,7-8H2,1-4H3. The lowest BCUT2D eigenvalue weighted by Gasteiger charge is -2.37. The number of benzene rings is 1. The predicted octanol–water partition coefficient (Wildman–Crippen LogP) is 1.15. The highest BCUT2D eigenvalue weighted by molar-refractivity contribution is 7.89. The van der Waals surface area contributed by atoms with Crippen LogP contribution in [0.5, 0.6) is 0 Å². The van der Waals surface area contributed by atoms with Crippen molar-refractivity contribution in [2.45, 2.75) is 37.8 Å². The minimum atomic E-state index is -3.64. The Bertz CT molecular complexity index is 672. The van der Waals surface area contributed by atoms with Gasteiger partial charge in [0.25, 0.3) is 0 Å². The molecule has 1 aliphatic rings. The molecule has 7 heteroatoms. The number of hydrogen-bond donors (Lipinski definition) is 1. The van der Waals surface area contributed by atoms with Crippen LogP contribution in [0.4, 0.5) is 0 Å².